The van der Waals surface area contributed by atoms with Crippen LogP contribution in [0.5, 0.6) is 0 Å². The smallest absolute Gasteiger partial charge is 0.338 e. The molecule has 2 aromatic carbocycles. The van der Waals surface area contributed by atoms with Crippen LogP contribution in [-0.4, -0.2) is 18.5 Å². The van der Waals surface area contributed by atoms with Crippen molar-refractivity contribution in [2.75, 3.05) is 6.61 Å². The van der Waals surface area contributed by atoms with Crippen molar-refractivity contribution in [1.29, 1.82) is 0 Å². The normalized spacial score (nSPS) is 11.6. The zero-order valence-electron chi connectivity index (χ0n) is 15.2. The van der Waals surface area contributed by atoms with Crippen molar-refractivity contribution in [3.63, 3.8) is 0 Å². The standard InChI is InChI=1S/C22H26O4/c1-2-3-6-15-21(23)25-17-16-20(18-11-7-4-8-12-18)26-22(24)19-13-9-5-10-14-19/h4-5,7-14,20H,2-3,6,15-17H2,1H3. The molecule has 0 saturated heterocycles. The van der Waals surface area contributed by atoms with Gasteiger partial charge in [-0.05, 0) is 24.1 Å². The molecule has 1 unspecified atom stereocenters. The van der Waals surface area contributed by atoms with E-state index in [4.69, 9.17) is 9.47 Å². The van der Waals surface area contributed by atoms with Crippen LogP contribution in [-0.2, 0) is 14.3 Å². The quantitative estimate of drug-likeness (QED) is 0.440. The van der Waals surface area contributed by atoms with Gasteiger partial charge in [-0.15, -0.1) is 0 Å². The van der Waals surface area contributed by atoms with E-state index < -0.39 is 6.10 Å². The third-order valence-corrected chi connectivity index (χ3v) is 4.06. The van der Waals surface area contributed by atoms with Gasteiger partial charge in [0.15, 0.2) is 0 Å². The Labute approximate surface area is 155 Å². The third kappa shape index (κ3) is 6.71. The molecule has 4 heteroatoms. The molecule has 0 radical (unpaired) electrons. The largest absolute Gasteiger partial charge is 0.466 e. The van der Waals surface area contributed by atoms with Gasteiger partial charge in [0.2, 0.25) is 0 Å². The van der Waals surface area contributed by atoms with Crippen LogP contribution in [0.1, 0.15) is 61.1 Å². The Morgan fingerprint density at radius 1 is 0.923 bits per heavy atom. The Balaban J connectivity index is 1.92. The molecule has 138 valence electrons. The molecule has 0 heterocycles. The highest BCUT2D eigenvalue weighted by molar-refractivity contribution is 5.89. The second kappa shape index (κ2) is 11.1. The van der Waals surface area contributed by atoms with E-state index in [2.05, 4.69) is 6.92 Å². The Bertz CT molecular complexity index is 667. The van der Waals surface area contributed by atoms with Crippen LogP contribution in [0, 0.1) is 0 Å². The van der Waals surface area contributed by atoms with Gasteiger partial charge in [-0.25, -0.2) is 4.79 Å². The van der Waals surface area contributed by atoms with Gasteiger partial charge in [0.25, 0.3) is 0 Å². The number of carbonyl (C=O) groups excluding carboxylic acids is 2. The molecule has 0 aliphatic heterocycles. The minimum absolute atomic E-state index is 0.195. The summed E-state index contributed by atoms with van der Waals surface area (Å²) in [4.78, 5) is 24.1. The lowest BCUT2D eigenvalue weighted by atomic mass is 10.1. The molecular formula is C22H26O4. The van der Waals surface area contributed by atoms with Gasteiger partial charge in [-0.1, -0.05) is 68.3 Å². The van der Waals surface area contributed by atoms with E-state index in [-0.39, 0.29) is 18.5 Å². The summed E-state index contributed by atoms with van der Waals surface area (Å²) in [5.41, 5.74) is 1.39. The molecule has 1 atom stereocenters. The zero-order chi connectivity index (χ0) is 18.6. The van der Waals surface area contributed by atoms with Crippen molar-refractivity contribution in [3.8, 4) is 0 Å². The number of carbonyl (C=O) groups is 2. The summed E-state index contributed by atoms with van der Waals surface area (Å²) in [6, 6.07) is 18.4. The van der Waals surface area contributed by atoms with Gasteiger partial charge in [0.05, 0.1) is 12.2 Å². The molecular weight excluding hydrogens is 328 g/mol. The van der Waals surface area contributed by atoms with Crippen molar-refractivity contribution < 1.29 is 19.1 Å². The molecule has 2 rings (SSSR count). The van der Waals surface area contributed by atoms with Crippen molar-refractivity contribution >= 4 is 11.9 Å². The van der Waals surface area contributed by atoms with Crippen LogP contribution in [0.3, 0.4) is 0 Å². The lowest BCUT2D eigenvalue weighted by Gasteiger charge is -2.18. The zero-order valence-corrected chi connectivity index (χ0v) is 15.2. The Morgan fingerprint density at radius 3 is 2.23 bits per heavy atom. The second-order valence-corrected chi connectivity index (χ2v) is 6.14. The summed E-state index contributed by atoms with van der Waals surface area (Å²) in [6.07, 6.45) is 3.36. The molecule has 2 aromatic rings. The third-order valence-electron chi connectivity index (χ3n) is 4.06. The molecule has 0 saturated carbocycles. The molecule has 0 aliphatic rings. The van der Waals surface area contributed by atoms with E-state index >= 15 is 0 Å². The predicted octanol–water partition coefficient (Wildman–Crippen LogP) is 5.10. The first-order valence-corrected chi connectivity index (χ1v) is 9.17. The number of rotatable bonds is 10. The number of ether oxygens (including phenoxy) is 2. The van der Waals surface area contributed by atoms with Crippen molar-refractivity contribution in [1.82, 2.24) is 0 Å². The van der Waals surface area contributed by atoms with Crippen molar-refractivity contribution in [2.24, 2.45) is 0 Å². The van der Waals surface area contributed by atoms with Crippen molar-refractivity contribution in [3.05, 3.63) is 71.8 Å². The molecule has 4 nitrogen and oxygen atoms in total. The van der Waals surface area contributed by atoms with Gasteiger partial charge >= 0.3 is 11.9 Å². The summed E-state index contributed by atoms with van der Waals surface area (Å²) in [5.74, 6) is -0.576. The fourth-order valence-corrected chi connectivity index (χ4v) is 2.60. The number of unbranched alkanes of at least 4 members (excludes halogenated alkanes) is 2. The highest BCUT2D eigenvalue weighted by Gasteiger charge is 2.18. The number of benzene rings is 2. The first kappa shape index (κ1) is 19.7. The number of esters is 2. The van der Waals surface area contributed by atoms with E-state index in [0.717, 1.165) is 24.8 Å². The minimum atomic E-state index is -0.452. The molecule has 26 heavy (non-hydrogen) atoms. The fourth-order valence-electron chi connectivity index (χ4n) is 2.60. The molecule has 0 spiro atoms. The Hall–Kier alpha value is -2.62. The second-order valence-electron chi connectivity index (χ2n) is 6.14. The molecule has 0 aliphatic carbocycles. The summed E-state index contributed by atoms with van der Waals surface area (Å²) in [5, 5.41) is 0. The van der Waals surface area contributed by atoms with Crippen LogP contribution in [0.2, 0.25) is 0 Å². The number of hydrogen-bond acceptors (Lipinski definition) is 4. The number of hydrogen-bond donors (Lipinski definition) is 0. The van der Waals surface area contributed by atoms with Crippen LogP contribution >= 0.6 is 0 Å². The first-order chi connectivity index (χ1) is 12.7. The predicted molar refractivity (Wildman–Crippen MR) is 101 cm³/mol. The lowest BCUT2D eigenvalue weighted by Crippen LogP contribution is -2.15. The van der Waals surface area contributed by atoms with Gasteiger partial charge < -0.3 is 9.47 Å². The van der Waals surface area contributed by atoms with Crippen LogP contribution in [0.25, 0.3) is 0 Å². The lowest BCUT2D eigenvalue weighted by molar-refractivity contribution is -0.144. The molecule has 0 amide bonds. The summed E-state index contributed by atoms with van der Waals surface area (Å²) in [7, 11) is 0. The molecule has 0 fully saturated rings. The van der Waals surface area contributed by atoms with E-state index in [1.807, 2.05) is 36.4 Å². The van der Waals surface area contributed by atoms with Gasteiger partial charge in [0, 0.05) is 12.8 Å². The SMILES string of the molecule is CCCCCC(=O)OCCC(OC(=O)c1ccccc1)c1ccccc1. The van der Waals surface area contributed by atoms with Gasteiger partial charge in [-0.2, -0.15) is 0 Å². The topological polar surface area (TPSA) is 52.6 Å². The summed E-state index contributed by atoms with van der Waals surface area (Å²) in [6.45, 7) is 2.32. The minimum Gasteiger partial charge on any atom is -0.466 e. The average molecular weight is 354 g/mol. The van der Waals surface area contributed by atoms with Crippen molar-refractivity contribution in [2.45, 2.75) is 45.1 Å². The average Bonchev–Trinajstić information content (AvgIpc) is 2.68. The molecule has 0 bridgehead atoms. The maximum absolute atomic E-state index is 12.4. The van der Waals surface area contributed by atoms with Crippen LogP contribution < -0.4 is 0 Å². The summed E-state index contributed by atoms with van der Waals surface area (Å²) >= 11 is 0. The molecule has 0 aromatic heterocycles. The summed E-state index contributed by atoms with van der Waals surface area (Å²) < 4.78 is 11.0. The monoisotopic (exact) mass is 354 g/mol. The van der Waals surface area contributed by atoms with E-state index in [1.54, 1.807) is 24.3 Å². The maximum Gasteiger partial charge on any atom is 0.338 e. The maximum atomic E-state index is 12.4. The van der Waals surface area contributed by atoms with E-state index in [0.29, 0.717) is 18.4 Å². The first-order valence-electron chi connectivity index (χ1n) is 9.17. The fraction of sp³-hybridized carbons (Fsp3) is 0.364. The Kier molecular flexibility index (Phi) is 8.40. The van der Waals surface area contributed by atoms with E-state index in [9.17, 15) is 9.59 Å². The van der Waals surface area contributed by atoms with Gasteiger partial charge in [-0.3, -0.25) is 4.79 Å². The molecule has 0 N–H and O–H groups in total. The van der Waals surface area contributed by atoms with Crippen LogP contribution in [0.15, 0.2) is 60.7 Å². The highest BCUT2D eigenvalue weighted by atomic mass is 16.6. The van der Waals surface area contributed by atoms with E-state index in [1.165, 1.54) is 0 Å². The Morgan fingerprint density at radius 2 is 1.58 bits per heavy atom. The van der Waals surface area contributed by atoms with Crippen LogP contribution in [0.4, 0.5) is 0 Å². The van der Waals surface area contributed by atoms with Gasteiger partial charge in [0.1, 0.15) is 6.10 Å². The highest BCUT2D eigenvalue weighted by Crippen LogP contribution is 2.23.